The van der Waals surface area contributed by atoms with E-state index in [1.807, 2.05) is 11.4 Å². The molecule has 0 unspecified atom stereocenters. The van der Waals surface area contributed by atoms with Crippen LogP contribution in [0.1, 0.15) is 20.2 Å². The number of carbonyl (C=O) groups excluding carboxylic acids is 2. The van der Waals surface area contributed by atoms with E-state index < -0.39 is 11.7 Å². The van der Waals surface area contributed by atoms with Gasteiger partial charge >= 0.3 is 0 Å². The van der Waals surface area contributed by atoms with Crippen LogP contribution in [0.4, 0.5) is 15.8 Å². The van der Waals surface area contributed by atoms with E-state index in [2.05, 4.69) is 15.7 Å². The maximum atomic E-state index is 13.9. The smallest absolute Gasteiger partial charge is 0.276 e. The van der Waals surface area contributed by atoms with Crippen LogP contribution in [0.25, 0.3) is 5.69 Å². The summed E-state index contributed by atoms with van der Waals surface area (Å²) in [7, 11) is 0. The summed E-state index contributed by atoms with van der Waals surface area (Å²) in [6, 6.07) is 18.0. The molecule has 2 amide bonds. The van der Waals surface area contributed by atoms with Gasteiger partial charge in [0.05, 0.1) is 4.88 Å². The monoisotopic (exact) mass is 406 g/mol. The number of nitrogens with zero attached hydrogens (tertiary/aromatic N) is 2. The lowest BCUT2D eigenvalue weighted by Crippen LogP contribution is -2.14. The first kappa shape index (κ1) is 18.6. The zero-order chi connectivity index (χ0) is 20.2. The Hall–Kier alpha value is -3.78. The van der Waals surface area contributed by atoms with Gasteiger partial charge in [0.1, 0.15) is 11.5 Å². The van der Waals surface area contributed by atoms with Crippen LogP contribution >= 0.6 is 11.3 Å². The maximum Gasteiger partial charge on any atom is 0.276 e. The molecule has 0 aliphatic heterocycles. The maximum absolute atomic E-state index is 13.9. The van der Waals surface area contributed by atoms with Crippen molar-refractivity contribution < 1.29 is 14.0 Å². The first-order valence-corrected chi connectivity index (χ1v) is 9.55. The summed E-state index contributed by atoms with van der Waals surface area (Å²) in [5.41, 5.74) is 1.58. The number of hydrogen-bond acceptors (Lipinski definition) is 4. The molecular weight excluding hydrogens is 391 g/mol. The largest absolute Gasteiger partial charge is 0.321 e. The van der Waals surface area contributed by atoms with Crippen LogP contribution in [-0.2, 0) is 0 Å². The third-order valence-electron chi connectivity index (χ3n) is 4.07. The first-order valence-electron chi connectivity index (χ1n) is 8.67. The third kappa shape index (κ3) is 4.22. The van der Waals surface area contributed by atoms with Gasteiger partial charge in [-0.1, -0.05) is 18.2 Å². The molecule has 0 saturated carbocycles. The van der Waals surface area contributed by atoms with Gasteiger partial charge in [0, 0.05) is 17.6 Å². The summed E-state index contributed by atoms with van der Waals surface area (Å²) in [4.78, 5) is 25.1. The number of hydrogen-bond donors (Lipinski definition) is 2. The van der Waals surface area contributed by atoms with Crippen LogP contribution in [0, 0.1) is 5.82 Å². The van der Waals surface area contributed by atoms with Gasteiger partial charge < -0.3 is 10.6 Å². The van der Waals surface area contributed by atoms with Crippen molar-refractivity contribution in [2.24, 2.45) is 0 Å². The zero-order valence-corrected chi connectivity index (χ0v) is 15.8. The molecule has 2 aromatic carbocycles. The highest BCUT2D eigenvalue weighted by atomic mass is 32.1. The van der Waals surface area contributed by atoms with Gasteiger partial charge in [0.25, 0.3) is 11.8 Å². The van der Waals surface area contributed by atoms with Crippen LogP contribution in [0.5, 0.6) is 0 Å². The van der Waals surface area contributed by atoms with Gasteiger partial charge in [-0.3, -0.25) is 9.59 Å². The SMILES string of the molecule is O=C(Nc1ccc(NC(=O)c2cccs2)cc1)c1ccn(-c2ccccc2F)n1. The van der Waals surface area contributed by atoms with Gasteiger partial charge in [0.2, 0.25) is 0 Å². The highest BCUT2D eigenvalue weighted by Gasteiger charge is 2.13. The van der Waals surface area contributed by atoms with Crippen molar-refractivity contribution in [2.45, 2.75) is 0 Å². The number of aromatic nitrogens is 2. The van der Waals surface area contributed by atoms with Gasteiger partial charge in [-0.15, -0.1) is 11.3 Å². The number of nitrogens with one attached hydrogen (secondary N) is 2. The van der Waals surface area contributed by atoms with Crippen molar-refractivity contribution in [1.29, 1.82) is 0 Å². The van der Waals surface area contributed by atoms with E-state index in [4.69, 9.17) is 0 Å². The number of para-hydroxylation sites is 1. The number of benzene rings is 2. The van der Waals surface area contributed by atoms with Gasteiger partial charge in [-0.05, 0) is 53.9 Å². The molecule has 0 aliphatic carbocycles. The zero-order valence-electron chi connectivity index (χ0n) is 15.0. The highest BCUT2D eigenvalue weighted by Crippen LogP contribution is 2.17. The second-order valence-electron chi connectivity index (χ2n) is 6.06. The number of halogens is 1. The average Bonchev–Trinajstić information content (AvgIpc) is 3.42. The Labute approximate surface area is 169 Å². The topological polar surface area (TPSA) is 76.0 Å². The fraction of sp³-hybridized carbons (Fsp3) is 0. The fourth-order valence-corrected chi connectivity index (χ4v) is 3.27. The molecule has 0 radical (unpaired) electrons. The minimum absolute atomic E-state index is 0.156. The molecule has 0 spiro atoms. The summed E-state index contributed by atoms with van der Waals surface area (Å²) in [5, 5.41) is 11.5. The standard InChI is InChI=1S/C21H15FN4O2S/c22-16-4-1-2-5-18(16)26-12-11-17(25-26)20(27)23-14-7-9-15(10-8-14)24-21(28)19-6-3-13-29-19/h1-13H,(H,23,27)(H,24,28). The molecule has 0 aliphatic rings. The van der Waals surface area contributed by atoms with Crippen molar-refractivity contribution in [1.82, 2.24) is 9.78 Å². The number of thiophene rings is 1. The van der Waals surface area contributed by atoms with Crippen LogP contribution in [0.15, 0.2) is 78.3 Å². The fourth-order valence-electron chi connectivity index (χ4n) is 2.65. The normalized spacial score (nSPS) is 10.5. The molecule has 144 valence electrons. The van der Waals surface area contributed by atoms with E-state index in [0.717, 1.165) is 0 Å². The second-order valence-corrected chi connectivity index (χ2v) is 7.01. The van der Waals surface area contributed by atoms with Crippen LogP contribution in [0.2, 0.25) is 0 Å². The Balaban J connectivity index is 1.41. The van der Waals surface area contributed by atoms with E-state index in [0.29, 0.717) is 16.3 Å². The van der Waals surface area contributed by atoms with Crippen molar-refractivity contribution in [3.63, 3.8) is 0 Å². The van der Waals surface area contributed by atoms with Gasteiger partial charge in [-0.25, -0.2) is 9.07 Å². The molecule has 4 aromatic rings. The summed E-state index contributed by atoms with van der Waals surface area (Å²) >= 11 is 1.36. The molecule has 2 aromatic heterocycles. The van der Waals surface area contributed by atoms with Crippen molar-refractivity contribution in [3.05, 3.63) is 94.7 Å². The van der Waals surface area contributed by atoms with E-state index in [1.165, 1.54) is 34.3 Å². The first-order chi connectivity index (χ1) is 14.1. The lowest BCUT2D eigenvalue weighted by atomic mass is 10.2. The third-order valence-corrected chi connectivity index (χ3v) is 4.94. The van der Waals surface area contributed by atoms with Gasteiger partial charge in [0.15, 0.2) is 5.69 Å². The van der Waals surface area contributed by atoms with E-state index in [9.17, 15) is 14.0 Å². The Morgan fingerprint density at radius 3 is 2.21 bits per heavy atom. The number of carbonyl (C=O) groups is 2. The Morgan fingerprint density at radius 2 is 1.55 bits per heavy atom. The van der Waals surface area contributed by atoms with Crippen LogP contribution < -0.4 is 10.6 Å². The average molecular weight is 406 g/mol. The molecule has 8 heteroatoms. The molecule has 2 heterocycles. The number of amides is 2. The Morgan fingerprint density at radius 1 is 0.862 bits per heavy atom. The van der Waals surface area contributed by atoms with E-state index >= 15 is 0 Å². The Bertz CT molecular complexity index is 1150. The second kappa shape index (κ2) is 8.07. The predicted octanol–water partition coefficient (Wildman–Crippen LogP) is 4.58. The molecule has 4 rings (SSSR count). The lowest BCUT2D eigenvalue weighted by Gasteiger charge is -2.07. The van der Waals surface area contributed by atoms with Gasteiger partial charge in [-0.2, -0.15) is 5.10 Å². The van der Waals surface area contributed by atoms with Crippen LogP contribution in [-0.4, -0.2) is 21.6 Å². The summed E-state index contributed by atoms with van der Waals surface area (Å²) in [6.45, 7) is 0. The highest BCUT2D eigenvalue weighted by molar-refractivity contribution is 7.12. The molecule has 29 heavy (non-hydrogen) atoms. The minimum atomic E-state index is -0.428. The molecule has 2 N–H and O–H groups in total. The summed E-state index contributed by atoms with van der Waals surface area (Å²) < 4.78 is 15.2. The van der Waals surface area contributed by atoms with Crippen molar-refractivity contribution in [2.75, 3.05) is 10.6 Å². The van der Waals surface area contributed by atoms with Crippen LogP contribution in [0.3, 0.4) is 0 Å². The summed E-state index contributed by atoms with van der Waals surface area (Å²) in [5.74, 6) is -1.03. The van der Waals surface area contributed by atoms with E-state index in [1.54, 1.807) is 48.5 Å². The molecule has 0 fully saturated rings. The molecular formula is C21H15FN4O2S. The number of anilines is 2. The Kier molecular flexibility index (Phi) is 5.17. The predicted molar refractivity (Wildman–Crippen MR) is 110 cm³/mol. The quantitative estimate of drug-likeness (QED) is 0.509. The number of rotatable bonds is 5. The van der Waals surface area contributed by atoms with Crippen molar-refractivity contribution in [3.8, 4) is 5.69 Å². The molecule has 6 nitrogen and oxygen atoms in total. The summed E-state index contributed by atoms with van der Waals surface area (Å²) in [6.07, 6.45) is 1.52. The molecule has 0 bridgehead atoms. The lowest BCUT2D eigenvalue weighted by molar-refractivity contribution is 0.101. The molecule has 0 atom stereocenters. The van der Waals surface area contributed by atoms with Crippen molar-refractivity contribution >= 4 is 34.5 Å². The van der Waals surface area contributed by atoms with E-state index in [-0.39, 0.29) is 17.3 Å². The molecule has 0 saturated heterocycles. The minimum Gasteiger partial charge on any atom is -0.321 e.